The van der Waals surface area contributed by atoms with Gasteiger partial charge in [0.25, 0.3) is 11.8 Å². The number of benzene rings is 1. The van der Waals surface area contributed by atoms with Crippen molar-refractivity contribution in [1.29, 1.82) is 0 Å². The number of hydrogen-bond acceptors (Lipinski definition) is 5. The fraction of sp³-hybridized carbons (Fsp3) is 0.350. The Labute approximate surface area is 157 Å². The van der Waals surface area contributed by atoms with Gasteiger partial charge in [0, 0.05) is 22.2 Å². The normalized spacial score (nSPS) is 11.6. The summed E-state index contributed by atoms with van der Waals surface area (Å²) in [6, 6.07) is 11.5. The topological polar surface area (TPSA) is 59.2 Å². The minimum absolute atomic E-state index is 0.0674. The molecule has 0 bridgehead atoms. The number of nitrogens with zero attached hydrogens (tertiary/aromatic N) is 3. The second-order valence-corrected chi connectivity index (χ2v) is 8.76. The predicted octanol–water partition coefficient (Wildman–Crippen LogP) is 4.68. The smallest absolute Gasteiger partial charge is 0.258 e. The van der Waals surface area contributed by atoms with Crippen LogP contribution in [0.4, 0.5) is 0 Å². The Kier molecular flexibility index (Phi) is 4.96. The number of carbonyl (C=O) groups excluding carboxylic acids is 1. The van der Waals surface area contributed by atoms with Crippen molar-refractivity contribution in [2.75, 3.05) is 7.05 Å². The zero-order chi connectivity index (χ0) is 18.9. The highest BCUT2D eigenvalue weighted by molar-refractivity contribution is 7.11. The van der Waals surface area contributed by atoms with Gasteiger partial charge in [-0.3, -0.25) is 4.79 Å². The van der Waals surface area contributed by atoms with Crippen molar-refractivity contribution < 1.29 is 9.32 Å². The molecule has 2 heterocycles. The molecule has 1 aromatic carbocycles. The van der Waals surface area contributed by atoms with Crippen molar-refractivity contribution in [3.8, 4) is 11.5 Å². The first-order chi connectivity index (χ1) is 12.3. The third-order valence-corrected chi connectivity index (χ3v) is 5.01. The van der Waals surface area contributed by atoms with Gasteiger partial charge in [0.05, 0.1) is 17.7 Å². The Hall–Kier alpha value is -2.47. The second kappa shape index (κ2) is 7.03. The van der Waals surface area contributed by atoms with Gasteiger partial charge in [-0.15, -0.1) is 11.3 Å². The van der Waals surface area contributed by atoms with Crippen LogP contribution in [0, 0.1) is 6.92 Å². The summed E-state index contributed by atoms with van der Waals surface area (Å²) in [5.41, 5.74) is 1.01. The average molecular weight is 369 g/mol. The zero-order valence-corrected chi connectivity index (χ0v) is 16.6. The van der Waals surface area contributed by atoms with Gasteiger partial charge in [-0.25, -0.2) is 0 Å². The molecule has 0 aliphatic rings. The minimum atomic E-state index is -0.214. The molecule has 6 heteroatoms. The number of aromatic nitrogens is 2. The van der Waals surface area contributed by atoms with Gasteiger partial charge >= 0.3 is 0 Å². The van der Waals surface area contributed by atoms with Crippen LogP contribution in [-0.4, -0.2) is 28.0 Å². The molecular formula is C20H23N3O2S. The monoisotopic (exact) mass is 369 g/mol. The van der Waals surface area contributed by atoms with E-state index in [9.17, 15) is 4.79 Å². The first-order valence-corrected chi connectivity index (χ1v) is 9.32. The summed E-state index contributed by atoms with van der Waals surface area (Å²) >= 11 is 1.70. The van der Waals surface area contributed by atoms with Crippen LogP contribution < -0.4 is 0 Å². The van der Waals surface area contributed by atoms with Crippen molar-refractivity contribution in [1.82, 2.24) is 15.0 Å². The van der Waals surface area contributed by atoms with E-state index in [1.165, 1.54) is 4.88 Å². The molecule has 0 fully saturated rings. The molecule has 3 rings (SSSR count). The number of carbonyl (C=O) groups is 1. The predicted molar refractivity (Wildman–Crippen MR) is 103 cm³/mol. The Balaban J connectivity index is 1.89. The minimum Gasteiger partial charge on any atom is -0.337 e. The maximum absolute atomic E-state index is 13.0. The van der Waals surface area contributed by atoms with Gasteiger partial charge in [0.1, 0.15) is 0 Å². The maximum Gasteiger partial charge on any atom is 0.258 e. The van der Waals surface area contributed by atoms with Gasteiger partial charge < -0.3 is 9.42 Å². The lowest BCUT2D eigenvalue weighted by Crippen LogP contribution is -2.26. The van der Waals surface area contributed by atoms with Gasteiger partial charge in [0.2, 0.25) is 0 Å². The molecule has 0 saturated carbocycles. The van der Waals surface area contributed by atoms with E-state index in [1.54, 1.807) is 22.3 Å². The van der Waals surface area contributed by atoms with E-state index in [0.29, 0.717) is 29.4 Å². The Bertz CT molecular complexity index is 921. The van der Waals surface area contributed by atoms with Crippen LogP contribution in [0.25, 0.3) is 11.5 Å². The molecule has 0 spiro atoms. The van der Waals surface area contributed by atoms with E-state index in [1.807, 2.05) is 46.0 Å². The lowest BCUT2D eigenvalue weighted by molar-refractivity contribution is 0.0787. The van der Waals surface area contributed by atoms with Gasteiger partial charge in [0.15, 0.2) is 5.82 Å². The number of rotatable bonds is 4. The molecule has 0 saturated heterocycles. The quantitative estimate of drug-likeness (QED) is 0.670. The number of thiophene rings is 1. The van der Waals surface area contributed by atoms with E-state index in [-0.39, 0.29) is 11.3 Å². The standard InChI is InChI=1S/C20H23N3O2S/c1-13-10-11-14(26-13)12-23(5)18(24)16-9-7-6-8-15(16)17-21-19(22-25-17)20(2,3)4/h6-11H,12H2,1-5H3. The second-order valence-electron chi connectivity index (χ2n) is 7.39. The van der Waals surface area contributed by atoms with E-state index in [2.05, 4.69) is 29.2 Å². The molecule has 0 N–H and O–H groups in total. The molecule has 26 heavy (non-hydrogen) atoms. The van der Waals surface area contributed by atoms with E-state index < -0.39 is 0 Å². The van der Waals surface area contributed by atoms with Crippen LogP contribution in [-0.2, 0) is 12.0 Å². The molecule has 136 valence electrons. The van der Waals surface area contributed by atoms with Crippen LogP contribution in [0.15, 0.2) is 40.9 Å². The highest BCUT2D eigenvalue weighted by Crippen LogP contribution is 2.27. The average Bonchev–Trinajstić information content (AvgIpc) is 3.23. The molecule has 0 aliphatic carbocycles. The number of hydrogen-bond donors (Lipinski definition) is 0. The van der Waals surface area contributed by atoms with Crippen molar-refractivity contribution in [2.24, 2.45) is 0 Å². The Morgan fingerprint density at radius 2 is 1.92 bits per heavy atom. The van der Waals surface area contributed by atoms with Crippen molar-refractivity contribution in [3.05, 3.63) is 57.5 Å². The Morgan fingerprint density at radius 1 is 1.19 bits per heavy atom. The van der Waals surface area contributed by atoms with Gasteiger partial charge in [-0.2, -0.15) is 4.98 Å². The maximum atomic E-state index is 13.0. The molecule has 5 nitrogen and oxygen atoms in total. The molecule has 3 aromatic rings. The van der Waals surface area contributed by atoms with E-state index in [0.717, 1.165) is 4.88 Å². The van der Waals surface area contributed by atoms with E-state index >= 15 is 0 Å². The van der Waals surface area contributed by atoms with Crippen LogP contribution >= 0.6 is 11.3 Å². The molecule has 0 aliphatic heterocycles. The van der Waals surface area contributed by atoms with Crippen LogP contribution in [0.5, 0.6) is 0 Å². The summed E-state index contributed by atoms with van der Waals surface area (Å²) in [7, 11) is 1.81. The largest absolute Gasteiger partial charge is 0.337 e. The Morgan fingerprint density at radius 3 is 2.54 bits per heavy atom. The lowest BCUT2D eigenvalue weighted by atomic mass is 9.96. The van der Waals surface area contributed by atoms with Crippen molar-refractivity contribution >= 4 is 17.2 Å². The molecule has 0 unspecified atom stereocenters. The molecule has 0 radical (unpaired) electrons. The first kappa shape index (κ1) is 18.3. The molecular weight excluding hydrogens is 346 g/mol. The highest BCUT2D eigenvalue weighted by Gasteiger charge is 2.24. The van der Waals surface area contributed by atoms with Crippen molar-refractivity contribution in [3.63, 3.8) is 0 Å². The third-order valence-electron chi connectivity index (χ3n) is 4.02. The first-order valence-electron chi connectivity index (χ1n) is 8.50. The number of aryl methyl sites for hydroxylation is 1. The number of amides is 1. The lowest BCUT2D eigenvalue weighted by Gasteiger charge is -2.17. The van der Waals surface area contributed by atoms with Crippen LogP contribution in [0.2, 0.25) is 0 Å². The van der Waals surface area contributed by atoms with Crippen LogP contribution in [0.3, 0.4) is 0 Å². The molecule has 1 amide bonds. The summed E-state index contributed by atoms with van der Waals surface area (Å²) in [5, 5.41) is 4.07. The zero-order valence-electron chi connectivity index (χ0n) is 15.7. The SMILES string of the molecule is Cc1ccc(CN(C)C(=O)c2ccccc2-c2nc(C(C)(C)C)no2)s1. The molecule has 0 atom stereocenters. The van der Waals surface area contributed by atoms with Gasteiger partial charge in [-0.05, 0) is 31.2 Å². The summed E-state index contributed by atoms with van der Waals surface area (Å²) in [5.74, 6) is 0.929. The summed E-state index contributed by atoms with van der Waals surface area (Å²) in [6.07, 6.45) is 0. The van der Waals surface area contributed by atoms with Crippen LogP contribution in [0.1, 0.15) is 46.7 Å². The summed E-state index contributed by atoms with van der Waals surface area (Å²) < 4.78 is 5.44. The van der Waals surface area contributed by atoms with Crippen molar-refractivity contribution in [2.45, 2.75) is 39.7 Å². The van der Waals surface area contributed by atoms with Gasteiger partial charge in [-0.1, -0.05) is 38.1 Å². The molecule has 2 aromatic heterocycles. The fourth-order valence-corrected chi connectivity index (χ4v) is 3.52. The van der Waals surface area contributed by atoms with E-state index in [4.69, 9.17) is 4.52 Å². The highest BCUT2D eigenvalue weighted by atomic mass is 32.1. The third kappa shape index (κ3) is 3.85. The summed E-state index contributed by atoms with van der Waals surface area (Å²) in [4.78, 5) is 21.6. The summed E-state index contributed by atoms with van der Waals surface area (Å²) in [6.45, 7) is 8.71. The fourth-order valence-electron chi connectivity index (χ4n) is 2.57.